The molecule has 19 heavy (non-hydrogen) atoms. The summed E-state index contributed by atoms with van der Waals surface area (Å²) in [5.41, 5.74) is 0.750. The summed E-state index contributed by atoms with van der Waals surface area (Å²) in [5.74, 6) is -2.40. The smallest absolute Gasteiger partial charge is 0.341 e. The van der Waals surface area contributed by atoms with Gasteiger partial charge in [0.25, 0.3) is 0 Å². The summed E-state index contributed by atoms with van der Waals surface area (Å²) in [5, 5.41) is 3.82. The molecule has 104 valence electrons. The van der Waals surface area contributed by atoms with Gasteiger partial charge in [0.2, 0.25) is 0 Å². The number of amides is 2. The Morgan fingerprint density at radius 2 is 1.74 bits per heavy atom. The largest absolute Gasteiger partial charge is 0.405 e. The maximum atomic E-state index is 11.9. The lowest BCUT2D eigenvalue weighted by atomic mass is 10.1. The van der Waals surface area contributed by atoms with Crippen LogP contribution < -0.4 is 10.6 Å². The van der Waals surface area contributed by atoms with Crippen molar-refractivity contribution in [2.24, 2.45) is 0 Å². The van der Waals surface area contributed by atoms with Gasteiger partial charge in [-0.3, -0.25) is 9.59 Å². The van der Waals surface area contributed by atoms with E-state index in [2.05, 4.69) is 5.32 Å². The van der Waals surface area contributed by atoms with Crippen molar-refractivity contribution in [3.8, 4) is 0 Å². The minimum absolute atomic E-state index is 0.467. The van der Waals surface area contributed by atoms with Crippen molar-refractivity contribution in [2.45, 2.75) is 19.1 Å². The Hall–Kier alpha value is -2.05. The molecule has 1 aromatic carbocycles. The highest BCUT2D eigenvalue weighted by Crippen LogP contribution is 2.12. The topological polar surface area (TPSA) is 58.2 Å². The van der Waals surface area contributed by atoms with E-state index in [9.17, 15) is 22.8 Å². The predicted octanol–water partition coefficient (Wildman–Crippen LogP) is 1.54. The highest BCUT2D eigenvalue weighted by molar-refractivity contribution is 6.35. The molecule has 1 atom stereocenters. The fourth-order valence-corrected chi connectivity index (χ4v) is 1.35. The Bertz CT molecular complexity index is 446. The van der Waals surface area contributed by atoms with Crippen LogP contribution in [0.25, 0.3) is 0 Å². The molecule has 0 heterocycles. The van der Waals surface area contributed by atoms with Crippen molar-refractivity contribution < 1.29 is 22.8 Å². The van der Waals surface area contributed by atoms with Crippen molar-refractivity contribution in [3.05, 3.63) is 35.9 Å². The van der Waals surface area contributed by atoms with Gasteiger partial charge in [-0.25, -0.2) is 0 Å². The Balaban J connectivity index is 2.49. The first kappa shape index (κ1) is 15.0. The van der Waals surface area contributed by atoms with Crippen LogP contribution in [0.15, 0.2) is 30.3 Å². The average Bonchev–Trinajstić information content (AvgIpc) is 2.36. The van der Waals surface area contributed by atoms with E-state index in [4.69, 9.17) is 0 Å². The zero-order valence-electron chi connectivity index (χ0n) is 10.1. The van der Waals surface area contributed by atoms with E-state index >= 15 is 0 Å². The van der Waals surface area contributed by atoms with Crippen molar-refractivity contribution in [2.75, 3.05) is 6.54 Å². The molecule has 7 heteroatoms. The molecule has 0 bridgehead atoms. The average molecular weight is 274 g/mol. The van der Waals surface area contributed by atoms with Crippen molar-refractivity contribution in [1.82, 2.24) is 10.6 Å². The number of hydrogen-bond donors (Lipinski definition) is 2. The Labute approximate surface area is 108 Å². The Morgan fingerprint density at radius 3 is 2.26 bits per heavy atom. The number of nitrogens with one attached hydrogen (secondary N) is 2. The SMILES string of the molecule is CC(NC(=O)C(=O)NCC(F)(F)F)c1ccccc1. The first-order valence-electron chi connectivity index (χ1n) is 5.50. The number of carbonyl (C=O) groups excluding carboxylic acids is 2. The minimum Gasteiger partial charge on any atom is -0.341 e. The quantitative estimate of drug-likeness (QED) is 0.821. The second-order valence-electron chi connectivity index (χ2n) is 3.90. The van der Waals surface area contributed by atoms with Crippen LogP contribution in [0.2, 0.25) is 0 Å². The van der Waals surface area contributed by atoms with Gasteiger partial charge in [0.15, 0.2) is 0 Å². The molecule has 2 amide bonds. The molecule has 0 aliphatic carbocycles. The number of halogens is 3. The lowest BCUT2D eigenvalue weighted by Gasteiger charge is -2.14. The van der Waals surface area contributed by atoms with Gasteiger partial charge in [-0.15, -0.1) is 0 Å². The van der Waals surface area contributed by atoms with E-state index < -0.39 is 30.6 Å². The third-order valence-corrected chi connectivity index (χ3v) is 2.30. The fraction of sp³-hybridized carbons (Fsp3) is 0.333. The highest BCUT2D eigenvalue weighted by Gasteiger charge is 2.29. The highest BCUT2D eigenvalue weighted by atomic mass is 19.4. The van der Waals surface area contributed by atoms with Crippen LogP contribution in [0.5, 0.6) is 0 Å². The summed E-state index contributed by atoms with van der Waals surface area (Å²) < 4.78 is 35.6. The normalized spacial score (nSPS) is 12.6. The molecule has 0 saturated heterocycles. The maximum Gasteiger partial charge on any atom is 0.405 e. The zero-order valence-corrected chi connectivity index (χ0v) is 10.1. The van der Waals surface area contributed by atoms with E-state index in [1.54, 1.807) is 37.3 Å². The number of rotatable bonds is 3. The first-order valence-corrected chi connectivity index (χ1v) is 5.50. The summed E-state index contributed by atoms with van der Waals surface area (Å²) >= 11 is 0. The maximum absolute atomic E-state index is 11.9. The molecule has 0 aliphatic rings. The summed E-state index contributed by atoms with van der Waals surface area (Å²) in [4.78, 5) is 22.5. The number of benzene rings is 1. The molecule has 0 aliphatic heterocycles. The van der Waals surface area contributed by atoms with Crippen LogP contribution in [0.3, 0.4) is 0 Å². The number of hydrogen-bond acceptors (Lipinski definition) is 2. The fourth-order valence-electron chi connectivity index (χ4n) is 1.35. The zero-order chi connectivity index (χ0) is 14.5. The third kappa shape index (κ3) is 5.41. The van der Waals surface area contributed by atoms with Crippen LogP contribution in [0, 0.1) is 0 Å². The van der Waals surface area contributed by atoms with E-state index in [1.807, 2.05) is 0 Å². The van der Waals surface area contributed by atoms with Gasteiger partial charge in [-0.05, 0) is 12.5 Å². The van der Waals surface area contributed by atoms with Crippen LogP contribution >= 0.6 is 0 Å². The molecule has 1 rings (SSSR count). The van der Waals surface area contributed by atoms with Crippen LogP contribution in [-0.4, -0.2) is 24.5 Å². The standard InChI is InChI=1S/C12H13F3N2O2/c1-8(9-5-3-2-4-6-9)17-11(19)10(18)16-7-12(13,14)15/h2-6,8H,7H2,1H3,(H,16,18)(H,17,19). The van der Waals surface area contributed by atoms with Gasteiger partial charge >= 0.3 is 18.0 Å². The molecular formula is C12H13F3N2O2. The predicted molar refractivity (Wildman–Crippen MR) is 62.1 cm³/mol. The van der Waals surface area contributed by atoms with Crippen molar-refractivity contribution in [3.63, 3.8) is 0 Å². The van der Waals surface area contributed by atoms with E-state index in [1.165, 1.54) is 5.32 Å². The second-order valence-corrected chi connectivity index (χ2v) is 3.90. The molecule has 2 N–H and O–H groups in total. The van der Waals surface area contributed by atoms with E-state index in [-0.39, 0.29) is 0 Å². The summed E-state index contributed by atoms with van der Waals surface area (Å²) in [6.07, 6.45) is -4.54. The summed E-state index contributed by atoms with van der Waals surface area (Å²) in [6, 6.07) is 8.29. The molecule has 0 radical (unpaired) electrons. The van der Waals surface area contributed by atoms with E-state index in [0.717, 1.165) is 5.56 Å². The van der Waals surface area contributed by atoms with Crippen molar-refractivity contribution in [1.29, 1.82) is 0 Å². The van der Waals surface area contributed by atoms with Crippen molar-refractivity contribution >= 4 is 11.8 Å². The molecule has 0 saturated carbocycles. The van der Waals surface area contributed by atoms with Gasteiger partial charge in [0.1, 0.15) is 6.54 Å². The van der Waals surface area contributed by atoms with Crippen LogP contribution in [-0.2, 0) is 9.59 Å². The third-order valence-electron chi connectivity index (χ3n) is 2.30. The van der Waals surface area contributed by atoms with Gasteiger partial charge in [0, 0.05) is 0 Å². The summed E-state index contributed by atoms with van der Waals surface area (Å²) in [6.45, 7) is 0.100. The van der Waals surface area contributed by atoms with Crippen LogP contribution in [0.4, 0.5) is 13.2 Å². The van der Waals surface area contributed by atoms with Crippen LogP contribution in [0.1, 0.15) is 18.5 Å². The Morgan fingerprint density at radius 1 is 1.16 bits per heavy atom. The molecule has 1 aromatic rings. The first-order chi connectivity index (χ1) is 8.79. The molecule has 0 fully saturated rings. The van der Waals surface area contributed by atoms with Gasteiger partial charge in [-0.1, -0.05) is 30.3 Å². The Kier molecular flexibility index (Phi) is 4.91. The monoisotopic (exact) mass is 274 g/mol. The molecule has 0 aromatic heterocycles. The van der Waals surface area contributed by atoms with Gasteiger partial charge in [0.05, 0.1) is 6.04 Å². The second kappa shape index (κ2) is 6.21. The molecule has 1 unspecified atom stereocenters. The van der Waals surface area contributed by atoms with Gasteiger partial charge < -0.3 is 10.6 Å². The number of carbonyl (C=O) groups is 2. The minimum atomic E-state index is -4.54. The number of alkyl halides is 3. The molecule has 0 spiro atoms. The van der Waals surface area contributed by atoms with E-state index in [0.29, 0.717) is 0 Å². The van der Waals surface area contributed by atoms with Gasteiger partial charge in [-0.2, -0.15) is 13.2 Å². The lowest BCUT2D eigenvalue weighted by molar-refractivity contribution is -0.146. The molecule has 4 nitrogen and oxygen atoms in total. The summed E-state index contributed by atoms with van der Waals surface area (Å²) in [7, 11) is 0. The molecular weight excluding hydrogens is 261 g/mol. The lowest BCUT2D eigenvalue weighted by Crippen LogP contribution is -2.44.